The second-order valence-electron chi connectivity index (χ2n) is 6.43. The van der Waals surface area contributed by atoms with Crippen LogP contribution in [0.2, 0.25) is 0 Å². The highest BCUT2D eigenvalue weighted by atomic mass is 16.3. The fraction of sp³-hybridized carbons (Fsp3) is 0.556. The van der Waals surface area contributed by atoms with E-state index in [2.05, 4.69) is 44.1 Å². The number of benzene rings is 1. The van der Waals surface area contributed by atoms with Gasteiger partial charge in [-0.1, -0.05) is 11.6 Å². The van der Waals surface area contributed by atoms with E-state index in [1.165, 1.54) is 5.56 Å². The molecule has 0 spiro atoms. The lowest BCUT2D eigenvalue weighted by molar-refractivity contribution is 0.112. The van der Waals surface area contributed by atoms with Crippen LogP contribution in [-0.2, 0) is 0 Å². The van der Waals surface area contributed by atoms with E-state index in [4.69, 9.17) is 5.11 Å². The average Bonchev–Trinajstić information content (AvgIpc) is 2.60. The predicted molar refractivity (Wildman–Crippen MR) is 97.3 cm³/mol. The Kier molecular flexibility index (Phi) is 5.96. The molecule has 0 radical (unpaired) electrons. The minimum atomic E-state index is 0.260. The minimum absolute atomic E-state index is 0.260. The molecule has 2 aromatic rings. The molecule has 6 heteroatoms. The van der Waals surface area contributed by atoms with Crippen LogP contribution >= 0.6 is 0 Å². The van der Waals surface area contributed by atoms with Crippen molar-refractivity contribution in [3.8, 4) is 0 Å². The number of nitrogens with one attached hydrogen (secondary N) is 1. The maximum atomic E-state index is 8.98. The number of rotatable bonds is 7. The maximum Gasteiger partial charge on any atom is 0.137 e. The summed E-state index contributed by atoms with van der Waals surface area (Å²) in [6, 6.07) is 6.26. The normalized spacial score (nSPS) is 16.6. The van der Waals surface area contributed by atoms with E-state index in [0.29, 0.717) is 0 Å². The van der Waals surface area contributed by atoms with E-state index in [1.807, 2.05) is 6.07 Å². The first-order chi connectivity index (χ1) is 11.8. The van der Waals surface area contributed by atoms with Crippen molar-refractivity contribution in [1.82, 2.24) is 19.8 Å². The summed E-state index contributed by atoms with van der Waals surface area (Å²) in [6.07, 6.45) is 2.72. The number of aliphatic hydroxyl groups is 1. The van der Waals surface area contributed by atoms with Gasteiger partial charge >= 0.3 is 0 Å². The Hall–Kier alpha value is -1.76. The Bertz CT molecular complexity index is 655. The summed E-state index contributed by atoms with van der Waals surface area (Å²) in [6.45, 7) is 9.47. The highest BCUT2D eigenvalue weighted by Crippen LogP contribution is 2.20. The van der Waals surface area contributed by atoms with Crippen molar-refractivity contribution in [2.75, 3.05) is 57.7 Å². The van der Waals surface area contributed by atoms with Crippen molar-refractivity contribution >= 4 is 16.7 Å². The van der Waals surface area contributed by atoms with Gasteiger partial charge in [0.15, 0.2) is 0 Å². The first-order valence-corrected chi connectivity index (χ1v) is 8.77. The van der Waals surface area contributed by atoms with Crippen molar-refractivity contribution in [2.45, 2.75) is 13.3 Å². The number of fused-ring (bicyclic) bond motifs is 1. The number of aliphatic hydroxyl groups excluding tert-OH is 1. The molecule has 2 heterocycles. The number of hydrogen-bond acceptors (Lipinski definition) is 6. The quantitative estimate of drug-likeness (QED) is 0.748. The summed E-state index contributed by atoms with van der Waals surface area (Å²) in [5.41, 5.74) is 2.21. The highest BCUT2D eigenvalue weighted by Gasteiger charge is 2.15. The Morgan fingerprint density at radius 3 is 2.58 bits per heavy atom. The Morgan fingerprint density at radius 2 is 1.83 bits per heavy atom. The molecule has 1 aromatic heterocycles. The smallest absolute Gasteiger partial charge is 0.137 e. The van der Waals surface area contributed by atoms with Gasteiger partial charge in [0.1, 0.15) is 12.1 Å². The Morgan fingerprint density at radius 1 is 1.08 bits per heavy atom. The zero-order valence-corrected chi connectivity index (χ0v) is 14.4. The van der Waals surface area contributed by atoms with E-state index in [-0.39, 0.29) is 6.61 Å². The summed E-state index contributed by atoms with van der Waals surface area (Å²) in [5.74, 6) is 0.927. The summed E-state index contributed by atoms with van der Waals surface area (Å²) in [5, 5.41) is 13.5. The lowest BCUT2D eigenvalue weighted by Crippen LogP contribution is -2.47. The van der Waals surface area contributed by atoms with Crippen molar-refractivity contribution in [3.05, 3.63) is 30.1 Å². The molecule has 3 rings (SSSR count). The van der Waals surface area contributed by atoms with Gasteiger partial charge in [-0.05, 0) is 32.0 Å². The number of anilines is 1. The van der Waals surface area contributed by atoms with Crippen LogP contribution in [0.1, 0.15) is 12.0 Å². The standard InChI is InChI=1S/C18H27N5O/c1-15-3-4-17-16(13-15)18(21-14-20-17)19-5-2-6-22-7-9-23(10-8-22)11-12-24/h3-4,13-14,24H,2,5-12H2,1H3,(H,19,20,21). The number of hydrogen-bond donors (Lipinski definition) is 2. The van der Waals surface area contributed by atoms with Gasteiger partial charge in [0.25, 0.3) is 0 Å². The van der Waals surface area contributed by atoms with E-state index < -0.39 is 0 Å². The van der Waals surface area contributed by atoms with Gasteiger partial charge in [-0.3, -0.25) is 4.90 Å². The fourth-order valence-electron chi connectivity index (χ4n) is 3.20. The molecule has 24 heavy (non-hydrogen) atoms. The molecule has 1 aromatic carbocycles. The first-order valence-electron chi connectivity index (χ1n) is 8.77. The van der Waals surface area contributed by atoms with Gasteiger partial charge in [-0.2, -0.15) is 0 Å². The topological polar surface area (TPSA) is 64.5 Å². The monoisotopic (exact) mass is 329 g/mol. The molecule has 0 saturated carbocycles. The van der Waals surface area contributed by atoms with Crippen LogP contribution in [0, 0.1) is 6.92 Å². The van der Waals surface area contributed by atoms with Gasteiger partial charge < -0.3 is 15.3 Å². The second kappa shape index (κ2) is 8.37. The predicted octanol–water partition coefficient (Wildman–Crippen LogP) is 1.35. The van der Waals surface area contributed by atoms with E-state index >= 15 is 0 Å². The summed E-state index contributed by atoms with van der Waals surface area (Å²) in [7, 11) is 0. The highest BCUT2D eigenvalue weighted by molar-refractivity contribution is 5.89. The number of aromatic nitrogens is 2. The van der Waals surface area contributed by atoms with Crippen molar-refractivity contribution in [2.24, 2.45) is 0 Å². The van der Waals surface area contributed by atoms with Crippen LogP contribution in [0.3, 0.4) is 0 Å². The molecule has 0 bridgehead atoms. The Balaban J connectivity index is 1.45. The molecule has 1 aliphatic heterocycles. The summed E-state index contributed by atoms with van der Waals surface area (Å²) < 4.78 is 0. The molecule has 130 valence electrons. The van der Waals surface area contributed by atoms with Gasteiger partial charge in [0, 0.05) is 44.7 Å². The second-order valence-corrected chi connectivity index (χ2v) is 6.43. The van der Waals surface area contributed by atoms with Crippen molar-refractivity contribution in [1.29, 1.82) is 0 Å². The van der Waals surface area contributed by atoms with Gasteiger partial charge in [-0.25, -0.2) is 9.97 Å². The number of nitrogens with zero attached hydrogens (tertiary/aromatic N) is 4. The average molecular weight is 329 g/mol. The molecule has 6 nitrogen and oxygen atoms in total. The lowest BCUT2D eigenvalue weighted by Gasteiger charge is -2.34. The van der Waals surface area contributed by atoms with Crippen molar-refractivity contribution < 1.29 is 5.11 Å². The maximum absolute atomic E-state index is 8.98. The van der Waals surface area contributed by atoms with Crippen LogP contribution in [0.4, 0.5) is 5.82 Å². The zero-order valence-electron chi connectivity index (χ0n) is 14.4. The molecule has 0 atom stereocenters. The van der Waals surface area contributed by atoms with E-state index in [9.17, 15) is 0 Å². The van der Waals surface area contributed by atoms with Gasteiger partial charge in [0.05, 0.1) is 12.1 Å². The molecule has 1 fully saturated rings. The van der Waals surface area contributed by atoms with Crippen LogP contribution in [0.25, 0.3) is 10.9 Å². The van der Waals surface area contributed by atoms with Crippen LogP contribution in [0.15, 0.2) is 24.5 Å². The molecular formula is C18H27N5O. The lowest BCUT2D eigenvalue weighted by atomic mass is 10.1. The van der Waals surface area contributed by atoms with Crippen LogP contribution < -0.4 is 5.32 Å². The van der Waals surface area contributed by atoms with E-state index in [0.717, 1.165) is 69.0 Å². The number of aryl methyl sites for hydroxylation is 1. The zero-order chi connectivity index (χ0) is 16.8. The number of β-amino-alcohol motifs (C(OH)–C–C–N with tert-alkyl or cyclic N) is 1. The SMILES string of the molecule is Cc1ccc2ncnc(NCCCN3CCN(CCO)CC3)c2c1. The number of piperazine rings is 1. The summed E-state index contributed by atoms with van der Waals surface area (Å²) in [4.78, 5) is 13.5. The summed E-state index contributed by atoms with van der Waals surface area (Å²) >= 11 is 0. The Labute approximate surface area is 143 Å². The van der Waals surface area contributed by atoms with Gasteiger partial charge in [-0.15, -0.1) is 0 Å². The molecule has 2 N–H and O–H groups in total. The van der Waals surface area contributed by atoms with Crippen LogP contribution in [-0.4, -0.2) is 77.3 Å². The fourth-order valence-corrected chi connectivity index (χ4v) is 3.20. The van der Waals surface area contributed by atoms with Crippen molar-refractivity contribution in [3.63, 3.8) is 0 Å². The largest absolute Gasteiger partial charge is 0.395 e. The molecule has 1 saturated heterocycles. The molecular weight excluding hydrogens is 302 g/mol. The molecule has 0 aliphatic carbocycles. The third-order valence-electron chi connectivity index (χ3n) is 4.62. The van der Waals surface area contributed by atoms with Gasteiger partial charge in [0.2, 0.25) is 0 Å². The van der Waals surface area contributed by atoms with E-state index in [1.54, 1.807) is 6.33 Å². The third-order valence-corrected chi connectivity index (χ3v) is 4.62. The molecule has 0 unspecified atom stereocenters. The third kappa shape index (κ3) is 4.41. The minimum Gasteiger partial charge on any atom is -0.395 e. The van der Waals surface area contributed by atoms with Crippen LogP contribution in [0.5, 0.6) is 0 Å². The molecule has 0 amide bonds. The first kappa shape index (κ1) is 17.1. The molecule has 1 aliphatic rings.